The zero-order valence-corrected chi connectivity index (χ0v) is 26.4. The highest BCUT2D eigenvalue weighted by Gasteiger charge is 2.22. The van der Waals surface area contributed by atoms with Crippen molar-refractivity contribution in [2.24, 2.45) is 0 Å². The van der Waals surface area contributed by atoms with Crippen LogP contribution in [0.5, 0.6) is 0 Å². The highest BCUT2D eigenvalue weighted by molar-refractivity contribution is 5.74. The van der Waals surface area contributed by atoms with E-state index in [1.807, 2.05) is 42.5 Å². The fourth-order valence-corrected chi connectivity index (χ4v) is 5.31. The van der Waals surface area contributed by atoms with Crippen molar-refractivity contribution in [3.63, 3.8) is 0 Å². The molecule has 7 nitrogen and oxygen atoms in total. The Morgan fingerprint density at radius 1 is 0.341 bits per heavy atom. The second-order valence-corrected chi connectivity index (χ2v) is 11.0. The molecule has 0 unspecified atom stereocenters. The van der Waals surface area contributed by atoms with E-state index in [1.54, 1.807) is 0 Å². The Labute approximate surface area is 262 Å². The Balaban J connectivity index is 1.67. The van der Waals surface area contributed by atoms with Gasteiger partial charge in [0.05, 0.1) is 0 Å². The van der Waals surface area contributed by atoms with Crippen LogP contribution in [0.1, 0.15) is 76.2 Å². The average molecular weight is 586 g/mol. The first kappa shape index (κ1) is 30.8. The molecule has 0 aliphatic rings. The van der Waals surface area contributed by atoms with Crippen LogP contribution >= 0.6 is 0 Å². The second-order valence-electron chi connectivity index (χ2n) is 11.0. The SMILES string of the molecule is CCCc1cccc(N(c2cccc(CCC)n2)c2cccc(N(c3cccc(CCC)n3)c3cccc(CCC)n3)n2)n1. The number of nitrogens with zero attached hydrogens (tertiary/aromatic N) is 7. The van der Waals surface area contributed by atoms with Crippen LogP contribution in [0.15, 0.2) is 91.0 Å². The molecule has 0 fully saturated rings. The molecule has 5 heterocycles. The lowest BCUT2D eigenvalue weighted by Crippen LogP contribution is -2.19. The maximum atomic E-state index is 5.27. The third kappa shape index (κ3) is 7.46. The quantitative estimate of drug-likeness (QED) is 0.129. The maximum absolute atomic E-state index is 5.27. The molecule has 0 spiro atoms. The van der Waals surface area contributed by atoms with Crippen LogP contribution < -0.4 is 9.80 Å². The van der Waals surface area contributed by atoms with E-state index in [9.17, 15) is 0 Å². The van der Waals surface area contributed by atoms with Gasteiger partial charge in [0.2, 0.25) is 0 Å². The summed E-state index contributed by atoms with van der Waals surface area (Å²) in [7, 11) is 0. The molecule has 0 bridgehead atoms. The van der Waals surface area contributed by atoms with Gasteiger partial charge in [0.1, 0.15) is 34.9 Å². The molecule has 44 heavy (non-hydrogen) atoms. The van der Waals surface area contributed by atoms with Crippen LogP contribution in [-0.2, 0) is 25.7 Å². The van der Waals surface area contributed by atoms with Crippen molar-refractivity contribution in [2.45, 2.75) is 79.1 Å². The van der Waals surface area contributed by atoms with Crippen LogP contribution in [0.25, 0.3) is 0 Å². The summed E-state index contributed by atoms with van der Waals surface area (Å²) >= 11 is 0. The van der Waals surface area contributed by atoms with E-state index in [1.165, 1.54) is 0 Å². The van der Waals surface area contributed by atoms with Crippen LogP contribution in [0.4, 0.5) is 34.9 Å². The van der Waals surface area contributed by atoms with E-state index in [4.69, 9.17) is 24.9 Å². The molecular formula is C37H43N7. The molecule has 0 saturated carbocycles. The third-order valence-corrected chi connectivity index (χ3v) is 7.29. The summed E-state index contributed by atoms with van der Waals surface area (Å²) < 4.78 is 0. The van der Waals surface area contributed by atoms with Gasteiger partial charge in [0.15, 0.2) is 0 Å². The van der Waals surface area contributed by atoms with E-state index in [-0.39, 0.29) is 0 Å². The van der Waals surface area contributed by atoms with Crippen molar-refractivity contribution in [1.29, 1.82) is 0 Å². The van der Waals surface area contributed by atoms with Crippen LogP contribution in [-0.4, -0.2) is 24.9 Å². The van der Waals surface area contributed by atoms with Gasteiger partial charge in [-0.25, -0.2) is 24.9 Å². The molecule has 0 N–H and O–H groups in total. The zero-order chi connectivity index (χ0) is 30.7. The van der Waals surface area contributed by atoms with Gasteiger partial charge in [-0.1, -0.05) is 83.7 Å². The van der Waals surface area contributed by atoms with Gasteiger partial charge in [-0.05, 0) is 86.3 Å². The van der Waals surface area contributed by atoms with Crippen molar-refractivity contribution in [3.8, 4) is 0 Å². The van der Waals surface area contributed by atoms with Crippen molar-refractivity contribution in [3.05, 3.63) is 114 Å². The molecule has 0 saturated heterocycles. The molecule has 0 aliphatic carbocycles. The molecule has 0 atom stereocenters. The lowest BCUT2D eigenvalue weighted by Gasteiger charge is -2.26. The Bertz CT molecular complexity index is 1430. The Hall–Kier alpha value is -4.65. The summed E-state index contributed by atoms with van der Waals surface area (Å²) in [6.07, 6.45) is 7.74. The van der Waals surface area contributed by atoms with E-state index in [0.29, 0.717) is 0 Å². The molecule has 7 heteroatoms. The fourth-order valence-electron chi connectivity index (χ4n) is 5.31. The lowest BCUT2D eigenvalue weighted by atomic mass is 10.2. The number of aryl methyl sites for hydroxylation is 4. The van der Waals surface area contributed by atoms with Crippen LogP contribution in [0.2, 0.25) is 0 Å². The van der Waals surface area contributed by atoms with E-state index >= 15 is 0 Å². The predicted molar refractivity (Wildman–Crippen MR) is 181 cm³/mol. The number of hydrogen-bond donors (Lipinski definition) is 0. The number of hydrogen-bond acceptors (Lipinski definition) is 7. The summed E-state index contributed by atoms with van der Waals surface area (Å²) in [5.41, 5.74) is 4.19. The lowest BCUT2D eigenvalue weighted by molar-refractivity contribution is 0.868. The molecular weight excluding hydrogens is 542 g/mol. The predicted octanol–water partition coefficient (Wildman–Crippen LogP) is 9.41. The van der Waals surface area contributed by atoms with Crippen molar-refractivity contribution in [2.75, 3.05) is 9.80 Å². The highest BCUT2D eigenvalue weighted by atomic mass is 15.3. The number of pyridine rings is 5. The summed E-state index contributed by atoms with van der Waals surface area (Å²) in [5, 5.41) is 0. The summed E-state index contributed by atoms with van der Waals surface area (Å²) in [6.45, 7) is 8.70. The number of aromatic nitrogens is 5. The van der Waals surface area contributed by atoms with Crippen LogP contribution in [0, 0.1) is 0 Å². The molecule has 0 aromatic carbocycles. The first-order valence-corrected chi connectivity index (χ1v) is 16.0. The number of anilines is 6. The van der Waals surface area contributed by atoms with Crippen molar-refractivity contribution >= 4 is 34.9 Å². The Morgan fingerprint density at radius 2 is 0.568 bits per heavy atom. The summed E-state index contributed by atoms with van der Waals surface area (Å²) in [4.78, 5) is 29.6. The topological polar surface area (TPSA) is 70.9 Å². The van der Waals surface area contributed by atoms with Crippen molar-refractivity contribution in [1.82, 2.24) is 24.9 Å². The van der Waals surface area contributed by atoms with E-state index < -0.39 is 0 Å². The normalized spacial score (nSPS) is 11.0. The molecule has 5 aromatic rings. The minimum atomic E-state index is 0.726. The van der Waals surface area contributed by atoms with Gasteiger partial charge < -0.3 is 0 Å². The minimum Gasteiger partial charge on any atom is -0.262 e. The maximum Gasteiger partial charge on any atom is 0.142 e. The van der Waals surface area contributed by atoms with Crippen molar-refractivity contribution < 1.29 is 0 Å². The Kier molecular flexibility index (Phi) is 10.6. The van der Waals surface area contributed by atoms with Gasteiger partial charge in [0, 0.05) is 22.8 Å². The van der Waals surface area contributed by atoms with Gasteiger partial charge in [-0.15, -0.1) is 0 Å². The molecule has 226 valence electrons. The van der Waals surface area contributed by atoms with Gasteiger partial charge in [-0.2, -0.15) is 0 Å². The molecule has 0 radical (unpaired) electrons. The molecule has 0 amide bonds. The number of rotatable bonds is 14. The molecule has 0 aliphatic heterocycles. The minimum absolute atomic E-state index is 0.726. The van der Waals surface area contributed by atoms with Gasteiger partial charge in [-0.3, -0.25) is 9.80 Å². The smallest absolute Gasteiger partial charge is 0.142 e. The molecule has 5 rings (SSSR count). The standard InChI is InChI=1S/C37H43N7/c1-5-14-28-18-9-22-32(38-28)43(33-23-10-19-29(39-33)15-6-2)36-26-13-27-37(42-36)44(34-24-11-20-30(40-34)16-7-3)35-25-12-21-31(41-35)17-8-4/h9-13,18-27H,5-8,14-17H2,1-4H3. The first-order valence-electron chi connectivity index (χ1n) is 16.0. The van der Waals surface area contributed by atoms with E-state index in [0.717, 1.165) is 109 Å². The monoisotopic (exact) mass is 585 g/mol. The second kappa shape index (κ2) is 15.2. The first-order chi connectivity index (χ1) is 21.6. The fraction of sp³-hybridized carbons (Fsp3) is 0.324. The average Bonchev–Trinajstić information content (AvgIpc) is 3.03. The van der Waals surface area contributed by atoms with E-state index in [2.05, 4.69) is 86.0 Å². The largest absolute Gasteiger partial charge is 0.262 e. The summed E-state index contributed by atoms with van der Waals surface area (Å²) in [5.74, 6) is 4.62. The molecule has 5 aromatic heterocycles. The Morgan fingerprint density at radius 3 is 0.818 bits per heavy atom. The van der Waals surface area contributed by atoms with Crippen LogP contribution in [0.3, 0.4) is 0 Å². The van der Waals surface area contributed by atoms with Gasteiger partial charge in [0.25, 0.3) is 0 Å². The highest BCUT2D eigenvalue weighted by Crippen LogP contribution is 2.36. The van der Waals surface area contributed by atoms with Gasteiger partial charge >= 0.3 is 0 Å². The zero-order valence-electron chi connectivity index (χ0n) is 26.4. The summed E-state index contributed by atoms with van der Waals surface area (Å²) in [6, 6.07) is 30.8. The third-order valence-electron chi connectivity index (χ3n) is 7.29.